The van der Waals surface area contributed by atoms with Gasteiger partial charge in [0, 0.05) is 27.3 Å². The Hall–Kier alpha value is -0.610. The molecule has 0 aliphatic heterocycles. The molecule has 0 rings (SSSR count). The Morgan fingerprint density at radius 2 is 1.55 bits per heavy atom. The molecule has 0 aromatic heterocycles. The van der Waals surface area contributed by atoms with Gasteiger partial charge in [0.1, 0.15) is 0 Å². The fraction of sp³-hybridized carbons (Fsp3) is 0.579. The van der Waals surface area contributed by atoms with Crippen LogP contribution in [0.25, 0.3) is 0 Å². The van der Waals surface area contributed by atoms with Crippen LogP contribution in [0.1, 0.15) is 48.0 Å². The fourth-order valence-corrected chi connectivity index (χ4v) is 2.36. The molecule has 116 valence electrons. The second-order valence-electron chi connectivity index (χ2n) is 6.61. The summed E-state index contributed by atoms with van der Waals surface area (Å²) >= 11 is 0. The quantitative estimate of drug-likeness (QED) is 0.278. The van der Waals surface area contributed by atoms with Gasteiger partial charge in [0.25, 0.3) is 0 Å². The first-order valence-corrected chi connectivity index (χ1v) is 10.5. The summed E-state index contributed by atoms with van der Waals surface area (Å²) in [5.74, 6) is 0. The van der Waals surface area contributed by atoms with Gasteiger partial charge in [-0.25, -0.2) is 0 Å². The van der Waals surface area contributed by atoms with E-state index >= 15 is 0 Å². The zero-order valence-corrected chi connectivity index (χ0v) is 14.8. The van der Waals surface area contributed by atoms with E-state index in [2.05, 4.69) is 78.1 Å². The highest BCUT2D eigenvalue weighted by atomic mass is 31.2. The topological polar surface area (TPSA) is 0 Å². The number of rotatable bonds is 7. The van der Waals surface area contributed by atoms with Gasteiger partial charge in [0.15, 0.2) is 0 Å². The summed E-state index contributed by atoms with van der Waals surface area (Å²) in [6, 6.07) is 0. The molecule has 0 radical (unpaired) electrons. The average molecular weight is 295 g/mol. The molecule has 0 fully saturated rings. The van der Waals surface area contributed by atoms with Crippen molar-refractivity contribution in [2.45, 2.75) is 48.0 Å². The second-order valence-corrected chi connectivity index (χ2v) is 11.6. The number of hydrogen-bond donors (Lipinski definition) is 0. The zero-order valence-electron chi connectivity index (χ0n) is 14.0. The highest BCUT2D eigenvalue weighted by Gasteiger charge is 2.13. The maximum Gasteiger partial charge on any atom is 0.0771 e. The molecule has 0 spiro atoms. The Kier molecular flexibility index (Phi) is 12.0. The van der Waals surface area contributed by atoms with Crippen molar-refractivity contribution < 1.29 is 0 Å². The van der Waals surface area contributed by atoms with Crippen molar-refractivity contribution in [1.29, 1.82) is 0 Å². The normalized spacial score (nSPS) is 13.3. The lowest BCUT2D eigenvalue weighted by Gasteiger charge is -2.08. The van der Waals surface area contributed by atoms with Crippen molar-refractivity contribution in [1.82, 2.24) is 0 Å². The summed E-state index contributed by atoms with van der Waals surface area (Å²) < 4.78 is 0. The first-order chi connectivity index (χ1) is 8.70. The summed E-state index contributed by atoms with van der Waals surface area (Å²) in [5.41, 5.74) is 4.24. The summed E-state index contributed by atoms with van der Waals surface area (Å²) in [6.07, 6.45) is 14.9. The van der Waals surface area contributed by atoms with Crippen LogP contribution in [-0.4, -0.2) is 26.2 Å². The average Bonchev–Trinajstić information content (AvgIpc) is 2.25. The monoisotopic (exact) mass is 295 g/mol. The van der Waals surface area contributed by atoms with Crippen LogP contribution in [-0.2, 0) is 0 Å². The molecule has 0 N–H and O–H groups in total. The van der Waals surface area contributed by atoms with Gasteiger partial charge in [-0.3, -0.25) is 0 Å². The van der Waals surface area contributed by atoms with Crippen LogP contribution in [0.3, 0.4) is 0 Å². The molecular weight excluding hydrogens is 259 g/mol. The standard InChI is InChI=1S/C18H32P.CH4/c1-16(2)10-8-11-17(3)12-9-13-18(4)14-15-19(5,6)7;/h9-10,12-14H,8,11,15H2,1-7H3;1H4/q+1;/b13-9+,17-12+,18-14+;. The molecule has 0 heterocycles. The van der Waals surface area contributed by atoms with Gasteiger partial charge in [-0.05, 0) is 46.6 Å². The number of allylic oxidation sites excluding steroid dienone is 8. The molecule has 0 aliphatic rings. The summed E-state index contributed by atoms with van der Waals surface area (Å²) in [5, 5.41) is 0. The molecular formula is C19H36P+. The van der Waals surface area contributed by atoms with Crippen molar-refractivity contribution in [3.8, 4) is 0 Å². The summed E-state index contributed by atoms with van der Waals surface area (Å²) in [4.78, 5) is 0. The Balaban J connectivity index is 0. The smallest absolute Gasteiger partial charge is 0.0771 e. The molecule has 0 aromatic carbocycles. The molecule has 0 amide bonds. The Labute approximate surface area is 129 Å². The molecule has 1 heteroatoms. The highest BCUT2D eigenvalue weighted by molar-refractivity contribution is 7.73. The van der Waals surface area contributed by atoms with Gasteiger partial charge in [-0.2, -0.15) is 0 Å². The lowest BCUT2D eigenvalue weighted by Crippen LogP contribution is -1.89. The van der Waals surface area contributed by atoms with Crippen molar-refractivity contribution >= 4 is 7.26 Å². The van der Waals surface area contributed by atoms with E-state index < -0.39 is 7.26 Å². The molecule has 20 heavy (non-hydrogen) atoms. The minimum absolute atomic E-state index is 0. The van der Waals surface area contributed by atoms with E-state index in [9.17, 15) is 0 Å². The lowest BCUT2D eigenvalue weighted by molar-refractivity contribution is 0.967. The third kappa shape index (κ3) is 15.4. The van der Waals surface area contributed by atoms with Crippen molar-refractivity contribution in [3.05, 3.63) is 47.1 Å². The molecule has 0 saturated carbocycles. The van der Waals surface area contributed by atoms with E-state index in [0.717, 1.165) is 12.8 Å². The number of hydrogen-bond acceptors (Lipinski definition) is 0. The summed E-state index contributed by atoms with van der Waals surface area (Å²) in [7, 11) is -0.677. The van der Waals surface area contributed by atoms with E-state index in [1.807, 2.05) is 0 Å². The van der Waals surface area contributed by atoms with Crippen molar-refractivity contribution in [2.75, 3.05) is 26.2 Å². The Morgan fingerprint density at radius 1 is 0.950 bits per heavy atom. The molecule has 0 bridgehead atoms. The molecule has 0 nitrogen and oxygen atoms in total. The van der Waals surface area contributed by atoms with E-state index in [1.54, 1.807) is 0 Å². The van der Waals surface area contributed by atoms with Crippen LogP contribution in [0.5, 0.6) is 0 Å². The molecule has 0 atom stereocenters. The molecule has 0 aliphatic carbocycles. The van der Waals surface area contributed by atoms with Gasteiger partial charge >= 0.3 is 0 Å². The van der Waals surface area contributed by atoms with Gasteiger partial charge < -0.3 is 0 Å². The van der Waals surface area contributed by atoms with E-state index in [-0.39, 0.29) is 7.43 Å². The van der Waals surface area contributed by atoms with Gasteiger partial charge in [-0.1, -0.05) is 48.5 Å². The predicted molar refractivity (Wildman–Crippen MR) is 102 cm³/mol. The van der Waals surface area contributed by atoms with Crippen LogP contribution < -0.4 is 0 Å². The second kappa shape index (κ2) is 11.1. The first-order valence-electron chi connectivity index (χ1n) is 7.15. The molecule has 0 saturated heterocycles. The Morgan fingerprint density at radius 3 is 2.05 bits per heavy atom. The van der Waals surface area contributed by atoms with Crippen molar-refractivity contribution in [2.24, 2.45) is 0 Å². The third-order valence-electron chi connectivity index (χ3n) is 2.79. The third-order valence-corrected chi connectivity index (χ3v) is 4.07. The van der Waals surface area contributed by atoms with Crippen molar-refractivity contribution in [3.63, 3.8) is 0 Å². The first kappa shape index (κ1) is 21.7. The zero-order chi connectivity index (χ0) is 14.9. The fourth-order valence-electron chi connectivity index (χ4n) is 1.52. The van der Waals surface area contributed by atoms with Crippen LogP contribution in [0.4, 0.5) is 0 Å². The summed E-state index contributed by atoms with van der Waals surface area (Å²) in [6.45, 7) is 15.9. The van der Waals surface area contributed by atoms with Crippen LogP contribution >= 0.6 is 7.26 Å². The molecule has 0 unspecified atom stereocenters. The van der Waals surface area contributed by atoms with E-state index in [1.165, 1.54) is 22.9 Å². The maximum atomic E-state index is 2.38. The van der Waals surface area contributed by atoms with Gasteiger partial charge in [0.05, 0.1) is 6.16 Å². The minimum atomic E-state index is -0.677. The SMILES string of the molecule is C.CC(C)=CCC/C(C)=C/C=C/C(C)=C/C[P+](C)(C)C. The maximum absolute atomic E-state index is 2.38. The van der Waals surface area contributed by atoms with Crippen LogP contribution in [0, 0.1) is 0 Å². The Bertz CT molecular complexity index is 369. The molecule has 0 aromatic rings. The van der Waals surface area contributed by atoms with E-state index in [0.29, 0.717) is 0 Å². The van der Waals surface area contributed by atoms with E-state index in [4.69, 9.17) is 0 Å². The van der Waals surface area contributed by atoms with Gasteiger partial charge in [0.2, 0.25) is 0 Å². The van der Waals surface area contributed by atoms with Crippen LogP contribution in [0.2, 0.25) is 0 Å². The van der Waals surface area contributed by atoms with Crippen LogP contribution in [0.15, 0.2) is 47.1 Å². The minimum Gasteiger partial charge on any atom is -0.0856 e. The largest absolute Gasteiger partial charge is 0.0856 e. The lowest BCUT2D eigenvalue weighted by atomic mass is 10.1. The highest BCUT2D eigenvalue weighted by Crippen LogP contribution is 2.46. The predicted octanol–water partition coefficient (Wildman–Crippen LogP) is 6.72. The van der Waals surface area contributed by atoms with Gasteiger partial charge in [-0.15, -0.1) is 0 Å².